The Morgan fingerprint density at radius 3 is 2.53 bits per heavy atom. The zero-order chi connectivity index (χ0) is 26.0. The van der Waals surface area contributed by atoms with E-state index in [1.165, 1.54) is 26.0 Å². The lowest BCUT2D eigenvalue weighted by molar-refractivity contribution is 0.0642. The van der Waals surface area contributed by atoms with Gasteiger partial charge in [-0.15, -0.1) is 0 Å². The molecular weight excluding hydrogens is 465 g/mol. The second kappa shape index (κ2) is 10.8. The topological polar surface area (TPSA) is 43.5 Å². The average molecular weight is 503 g/mol. The Morgan fingerprint density at radius 2 is 1.86 bits per heavy atom. The normalized spacial score (nSPS) is 18.7. The standard InChI is InChI=1S/C28H37F3N4O/c1-18-14-21-20-8-6-7-9-24(20)33-26(21)27(35(18)17-28(2,3)31)25-22(29)15-19(16-23(25)30)36-13-12-34(5)11-10-32-4/h6-9,15-16,18,27,32-33H,10-14,17H2,1-5H3/t18-,27-/m1/s1. The van der Waals surface area contributed by atoms with Gasteiger partial charge in [-0.3, -0.25) is 4.90 Å². The largest absolute Gasteiger partial charge is 0.492 e. The molecule has 0 unspecified atom stereocenters. The third-order valence-electron chi connectivity index (χ3n) is 6.89. The number of fused-ring (bicyclic) bond motifs is 3. The second-order valence-corrected chi connectivity index (χ2v) is 10.5. The molecule has 1 aromatic heterocycles. The van der Waals surface area contributed by atoms with Gasteiger partial charge in [0.15, 0.2) is 0 Å². The summed E-state index contributed by atoms with van der Waals surface area (Å²) < 4.78 is 51.9. The molecule has 36 heavy (non-hydrogen) atoms. The Balaban J connectivity index is 1.69. The highest BCUT2D eigenvalue weighted by molar-refractivity contribution is 5.85. The maximum absolute atomic E-state index is 15.7. The first-order valence-corrected chi connectivity index (χ1v) is 12.6. The Bertz CT molecular complexity index is 1170. The molecule has 0 saturated carbocycles. The molecule has 2 aromatic carbocycles. The van der Waals surface area contributed by atoms with Crippen LogP contribution in [0.5, 0.6) is 5.75 Å². The third kappa shape index (κ3) is 5.71. The number of aromatic nitrogens is 1. The van der Waals surface area contributed by atoms with Crippen LogP contribution in [0.4, 0.5) is 13.2 Å². The zero-order valence-corrected chi connectivity index (χ0v) is 21.8. The van der Waals surface area contributed by atoms with E-state index in [0.29, 0.717) is 19.6 Å². The fourth-order valence-corrected chi connectivity index (χ4v) is 5.14. The van der Waals surface area contributed by atoms with Crippen LogP contribution in [0.25, 0.3) is 10.9 Å². The van der Waals surface area contributed by atoms with Crippen molar-refractivity contribution in [3.8, 4) is 5.75 Å². The van der Waals surface area contributed by atoms with Crippen LogP contribution in [-0.4, -0.2) is 73.4 Å². The minimum absolute atomic E-state index is 0.0454. The maximum atomic E-state index is 15.7. The molecule has 196 valence electrons. The summed E-state index contributed by atoms with van der Waals surface area (Å²) in [5, 5.41) is 4.12. The highest BCUT2D eigenvalue weighted by atomic mass is 19.1. The highest BCUT2D eigenvalue weighted by Crippen LogP contribution is 2.43. The molecule has 3 aromatic rings. The minimum atomic E-state index is -1.54. The Kier molecular flexibility index (Phi) is 7.97. The molecule has 0 aliphatic carbocycles. The van der Waals surface area contributed by atoms with Gasteiger partial charge in [0, 0.05) is 66.5 Å². The highest BCUT2D eigenvalue weighted by Gasteiger charge is 2.41. The molecule has 2 N–H and O–H groups in total. The number of likely N-dealkylation sites (N-methyl/N-ethyl adjacent to an activating group) is 2. The Morgan fingerprint density at radius 1 is 1.17 bits per heavy atom. The number of benzene rings is 2. The number of nitrogens with zero attached hydrogens (tertiary/aromatic N) is 2. The van der Waals surface area contributed by atoms with Crippen LogP contribution in [0.3, 0.4) is 0 Å². The molecule has 0 saturated heterocycles. The summed E-state index contributed by atoms with van der Waals surface area (Å²) in [6.07, 6.45) is 0.664. The lowest BCUT2D eigenvalue weighted by atomic mass is 9.87. The van der Waals surface area contributed by atoms with Gasteiger partial charge >= 0.3 is 0 Å². The van der Waals surface area contributed by atoms with Gasteiger partial charge in [-0.2, -0.15) is 0 Å². The van der Waals surface area contributed by atoms with E-state index in [-0.39, 0.29) is 23.9 Å². The van der Waals surface area contributed by atoms with Gasteiger partial charge in [-0.1, -0.05) is 18.2 Å². The Hall–Kier alpha value is -2.55. The van der Waals surface area contributed by atoms with Crippen LogP contribution in [0, 0.1) is 11.6 Å². The summed E-state index contributed by atoms with van der Waals surface area (Å²) in [6, 6.07) is 9.44. The lowest BCUT2D eigenvalue weighted by Crippen LogP contribution is -2.48. The van der Waals surface area contributed by atoms with E-state index in [4.69, 9.17) is 4.74 Å². The van der Waals surface area contributed by atoms with Crippen molar-refractivity contribution in [3.63, 3.8) is 0 Å². The molecule has 0 amide bonds. The van der Waals surface area contributed by atoms with Gasteiger partial charge in [0.05, 0.1) is 6.04 Å². The molecule has 5 nitrogen and oxygen atoms in total. The summed E-state index contributed by atoms with van der Waals surface area (Å²) in [5.41, 5.74) is 1.03. The van der Waals surface area contributed by atoms with Crippen molar-refractivity contribution < 1.29 is 17.9 Å². The molecule has 0 spiro atoms. The number of rotatable bonds is 10. The van der Waals surface area contributed by atoms with Gasteiger partial charge in [0.2, 0.25) is 0 Å². The smallest absolute Gasteiger partial charge is 0.135 e. The summed E-state index contributed by atoms with van der Waals surface area (Å²) in [6.45, 7) is 7.65. The number of H-pyrrole nitrogens is 1. The van der Waals surface area contributed by atoms with Crippen molar-refractivity contribution in [1.82, 2.24) is 20.1 Å². The number of nitrogens with one attached hydrogen (secondary N) is 2. The van der Waals surface area contributed by atoms with Crippen molar-refractivity contribution in [2.45, 2.75) is 44.9 Å². The molecule has 2 heterocycles. The van der Waals surface area contributed by atoms with Gasteiger partial charge in [-0.25, -0.2) is 13.2 Å². The van der Waals surface area contributed by atoms with E-state index >= 15 is 8.78 Å². The van der Waals surface area contributed by atoms with Crippen LogP contribution >= 0.6 is 0 Å². The van der Waals surface area contributed by atoms with E-state index in [1.54, 1.807) is 0 Å². The monoisotopic (exact) mass is 502 g/mol. The first-order chi connectivity index (χ1) is 17.1. The second-order valence-electron chi connectivity index (χ2n) is 10.5. The van der Waals surface area contributed by atoms with E-state index in [1.807, 2.05) is 50.2 Å². The van der Waals surface area contributed by atoms with Crippen LogP contribution < -0.4 is 10.1 Å². The van der Waals surface area contributed by atoms with Crippen LogP contribution in [0.2, 0.25) is 0 Å². The quantitative estimate of drug-likeness (QED) is 0.407. The van der Waals surface area contributed by atoms with E-state index in [2.05, 4.69) is 15.2 Å². The van der Waals surface area contributed by atoms with Gasteiger partial charge < -0.3 is 19.9 Å². The van der Waals surface area contributed by atoms with Gasteiger partial charge in [0.25, 0.3) is 0 Å². The van der Waals surface area contributed by atoms with Crippen molar-refractivity contribution in [1.29, 1.82) is 0 Å². The lowest BCUT2D eigenvalue weighted by Gasteiger charge is -2.43. The van der Waals surface area contributed by atoms with Crippen molar-refractivity contribution in [2.75, 3.05) is 46.9 Å². The number of para-hydroxylation sites is 1. The predicted octanol–water partition coefficient (Wildman–Crippen LogP) is 5.06. The fraction of sp³-hybridized carbons (Fsp3) is 0.500. The molecule has 0 bridgehead atoms. The van der Waals surface area contributed by atoms with Crippen molar-refractivity contribution in [2.24, 2.45) is 0 Å². The van der Waals surface area contributed by atoms with Crippen LogP contribution in [-0.2, 0) is 6.42 Å². The fourth-order valence-electron chi connectivity index (χ4n) is 5.14. The number of halogens is 3. The zero-order valence-electron chi connectivity index (χ0n) is 21.8. The first-order valence-electron chi connectivity index (χ1n) is 12.6. The maximum Gasteiger partial charge on any atom is 0.135 e. The number of aromatic amines is 1. The van der Waals surface area contributed by atoms with E-state index in [9.17, 15) is 4.39 Å². The third-order valence-corrected chi connectivity index (χ3v) is 6.89. The number of hydrogen-bond donors (Lipinski definition) is 2. The van der Waals surface area contributed by atoms with Gasteiger partial charge in [0.1, 0.15) is 29.7 Å². The first kappa shape index (κ1) is 26.5. The molecular formula is C28H37F3N4O. The number of hydrogen-bond acceptors (Lipinski definition) is 4. The summed E-state index contributed by atoms with van der Waals surface area (Å²) in [4.78, 5) is 7.34. The van der Waals surface area contributed by atoms with Crippen LogP contribution in [0.15, 0.2) is 36.4 Å². The molecule has 0 fully saturated rings. The van der Waals surface area contributed by atoms with Crippen LogP contribution in [0.1, 0.15) is 43.6 Å². The average Bonchev–Trinajstić information content (AvgIpc) is 3.16. The summed E-state index contributed by atoms with van der Waals surface area (Å²) in [5.74, 6) is -1.24. The molecule has 1 aliphatic rings. The number of alkyl halides is 1. The van der Waals surface area contributed by atoms with Gasteiger partial charge in [-0.05, 0) is 52.9 Å². The van der Waals surface area contributed by atoms with E-state index in [0.717, 1.165) is 35.2 Å². The molecule has 2 atom stereocenters. The number of ether oxygens (including phenoxy) is 1. The SMILES string of the molecule is CNCCN(C)CCOc1cc(F)c([C@@H]2c3[nH]c4ccccc4c3C[C@@H](C)N2CC(C)(C)F)c(F)c1. The minimum Gasteiger partial charge on any atom is -0.492 e. The van der Waals surface area contributed by atoms with Crippen molar-refractivity contribution in [3.05, 3.63) is 64.9 Å². The van der Waals surface area contributed by atoms with E-state index < -0.39 is 23.3 Å². The van der Waals surface area contributed by atoms with Crippen molar-refractivity contribution >= 4 is 10.9 Å². The molecule has 1 aliphatic heterocycles. The predicted molar refractivity (Wildman–Crippen MR) is 138 cm³/mol. The summed E-state index contributed by atoms with van der Waals surface area (Å²) in [7, 11) is 3.85. The Labute approximate surface area is 211 Å². The summed E-state index contributed by atoms with van der Waals surface area (Å²) >= 11 is 0. The molecule has 4 rings (SSSR count). The molecule has 0 radical (unpaired) electrons. The molecule has 8 heteroatoms.